The Balaban J connectivity index is 1.83. The summed E-state index contributed by atoms with van der Waals surface area (Å²) in [5.41, 5.74) is 7.33. The Hall–Kier alpha value is -3.03. The first-order valence-electron chi connectivity index (χ1n) is 9.59. The highest BCUT2D eigenvalue weighted by molar-refractivity contribution is 7.99. The molecule has 0 saturated carbocycles. The van der Waals surface area contributed by atoms with Crippen LogP contribution in [0.15, 0.2) is 72.8 Å². The first-order chi connectivity index (χ1) is 14.6. The minimum Gasteiger partial charge on any atom is -0.480 e. The highest BCUT2D eigenvalue weighted by Crippen LogP contribution is 2.36. The number of hydrogen-bond donors (Lipinski definition) is 3. The number of fused-ring (bicyclic) bond motifs is 1. The fourth-order valence-electron chi connectivity index (χ4n) is 3.22. The van der Waals surface area contributed by atoms with Crippen molar-refractivity contribution in [1.29, 1.82) is 0 Å². The van der Waals surface area contributed by atoms with Gasteiger partial charge in [-0.3, -0.25) is 0 Å². The Morgan fingerprint density at radius 1 is 1.00 bits per heavy atom. The van der Waals surface area contributed by atoms with Gasteiger partial charge in [-0.1, -0.05) is 72.8 Å². The maximum Gasteiger partial charge on any atom is 0.408 e. The molecule has 2 atom stereocenters. The standard InChI is InChI=1S/C23H24N2O4S/c24-13-14-30-21(19-12-6-10-17-9-4-5-11-18(17)19)20(22(26)27)25-23(28)29-15-16-7-2-1-3-8-16/h1-12,20-21H,13-15,24H2,(H,25,28)(H,26,27)/t20-,21?/m0/s1. The van der Waals surface area contributed by atoms with Gasteiger partial charge in [-0.05, 0) is 21.9 Å². The number of thioether (sulfide) groups is 1. The number of carboxylic acid groups (broad SMARTS) is 1. The van der Waals surface area contributed by atoms with Crippen molar-refractivity contribution in [1.82, 2.24) is 5.32 Å². The molecule has 3 aromatic carbocycles. The number of nitrogens with one attached hydrogen (secondary N) is 1. The zero-order chi connectivity index (χ0) is 21.3. The molecule has 0 aliphatic heterocycles. The van der Waals surface area contributed by atoms with Crippen LogP contribution in [0.4, 0.5) is 4.79 Å². The van der Waals surface area contributed by atoms with Gasteiger partial charge in [-0.2, -0.15) is 0 Å². The van der Waals surface area contributed by atoms with Gasteiger partial charge in [0.25, 0.3) is 0 Å². The minimum absolute atomic E-state index is 0.0634. The molecule has 30 heavy (non-hydrogen) atoms. The van der Waals surface area contributed by atoms with Crippen LogP contribution in [0.25, 0.3) is 10.8 Å². The van der Waals surface area contributed by atoms with Gasteiger partial charge < -0.3 is 20.9 Å². The summed E-state index contributed by atoms with van der Waals surface area (Å²) in [5, 5.41) is 13.9. The van der Waals surface area contributed by atoms with Crippen LogP contribution in [0.3, 0.4) is 0 Å². The molecule has 156 valence electrons. The molecule has 0 radical (unpaired) electrons. The summed E-state index contributed by atoms with van der Waals surface area (Å²) >= 11 is 1.41. The average molecular weight is 425 g/mol. The summed E-state index contributed by atoms with van der Waals surface area (Å²) in [7, 11) is 0. The number of carboxylic acids is 1. The first-order valence-corrected chi connectivity index (χ1v) is 10.6. The third kappa shape index (κ3) is 5.52. The van der Waals surface area contributed by atoms with Crippen molar-refractivity contribution in [2.75, 3.05) is 12.3 Å². The van der Waals surface area contributed by atoms with Gasteiger partial charge in [0.2, 0.25) is 0 Å². The molecular weight excluding hydrogens is 400 g/mol. The molecule has 0 spiro atoms. The normalized spacial score (nSPS) is 12.8. The summed E-state index contributed by atoms with van der Waals surface area (Å²) in [6, 6.07) is 21.6. The maximum absolute atomic E-state index is 12.4. The molecule has 3 aromatic rings. The lowest BCUT2D eigenvalue weighted by Gasteiger charge is -2.26. The van der Waals surface area contributed by atoms with Crippen LogP contribution in [0.1, 0.15) is 16.4 Å². The second-order valence-electron chi connectivity index (χ2n) is 6.67. The molecule has 0 bridgehead atoms. The van der Waals surface area contributed by atoms with E-state index in [0.717, 1.165) is 21.9 Å². The predicted molar refractivity (Wildman–Crippen MR) is 119 cm³/mol. The third-order valence-corrected chi connectivity index (χ3v) is 5.96. The van der Waals surface area contributed by atoms with Crippen LogP contribution in [-0.2, 0) is 16.1 Å². The van der Waals surface area contributed by atoms with Crippen molar-refractivity contribution in [2.24, 2.45) is 5.73 Å². The van der Waals surface area contributed by atoms with E-state index >= 15 is 0 Å². The molecule has 0 aliphatic rings. The molecule has 7 heteroatoms. The van der Waals surface area contributed by atoms with Gasteiger partial charge in [0, 0.05) is 12.3 Å². The smallest absolute Gasteiger partial charge is 0.408 e. The number of rotatable bonds is 9. The quantitative estimate of drug-likeness (QED) is 0.481. The van der Waals surface area contributed by atoms with E-state index in [2.05, 4.69) is 5.32 Å². The van der Waals surface area contributed by atoms with Crippen LogP contribution >= 0.6 is 11.8 Å². The van der Waals surface area contributed by atoms with Crippen molar-refractivity contribution in [2.45, 2.75) is 17.9 Å². The fourth-order valence-corrected chi connectivity index (χ4v) is 4.37. The predicted octanol–water partition coefficient (Wildman–Crippen LogP) is 3.95. The topological polar surface area (TPSA) is 102 Å². The highest BCUT2D eigenvalue weighted by Gasteiger charge is 2.32. The van der Waals surface area contributed by atoms with E-state index in [1.165, 1.54) is 11.8 Å². The second kappa shape index (κ2) is 10.7. The molecule has 1 unspecified atom stereocenters. The molecule has 1 amide bonds. The van der Waals surface area contributed by atoms with E-state index < -0.39 is 23.4 Å². The van der Waals surface area contributed by atoms with Gasteiger partial charge in [-0.15, -0.1) is 11.8 Å². The molecule has 0 aliphatic carbocycles. The molecule has 0 aromatic heterocycles. The maximum atomic E-state index is 12.4. The van der Waals surface area contributed by atoms with Crippen LogP contribution in [0.2, 0.25) is 0 Å². The Morgan fingerprint density at radius 3 is 2.43 bits per heavy atom. The molecule has 4 N–H and O–H groups in total. The first kappa shape index (κ1) is 21.7. The second-order valence-corrected chi connectivity index (χ2v) is 7.92. The Kier molecular flexibility index (Phi) is 7.70. The highest BCUT2D eigenvalue weighted by atomic mass is 32.2. The number of nitrogens with two attached hydrogens (primary N) is 1. The third-order valence-electron chi connectivity index (χ3n) is 4.60. The molecular formula is C23H24N2O4S. The molecule has 3 rings (SSSR count). The van der Waals surface area contributed by atoms with Gasteiger partial charge >= 0.3 is 12.1 Å². The number of alkyl carbamates (subject to hydrolysis) is 1. The fraction of sp³-hybridized carbons (Fsp3) is 0.217. The van der Waals surface area contributed by atoms with Gasteiger partial charge in [-0.25, -0.2) is 9.59 Å². The molecule has 0 fully saturated rings. The van der Waals surface area contributed by atoms with Crippen LogP contribution in [0, 0.1) is 0 Å². The van der Waals surface area contributed by atoms with Crippen molar-refractivity contribution in [3.8, 4) is 0 Å². The zero-order valence-corrected chi connectivity index (χ0v) is 17.2. The van der Waals surface area contributed by atoms with Gasteiger partial charge in [0.05, 0.1) is 5.25 Å². The van der Waals surface area contributed by atoms with Crippen LogP contribution in [0.5, 0.6) is 0 Å². The Morgan fingerprint density at radius 2 is 1.70 bits per heavy atom. The summed E-state index contributed by atoms with van der Waals surface area (Å²) in [6.45, 7) is 0.463. The number of aliphatic carboxylic acids is 1. The van der Waals surface area contributed by atoms with E-state index in [4.69, 9.17) is 10.5 Å². The lowest BCUT2D eigenvalue weighted by atomic mass is 9.98. The number of ether oxygens (including phenoxy) is 1. The van der Waals surface area contributed by atoms with E-state index in [1.807, 2.05) is 72.8 Å². The molecule has 0 saturated heterocycles. The SMILES string of the molecule is NCCSC(c1cccc2ccccc12)[C@H](NC(=O)OCc1ccccc1)C(=O)O. The number of carbonyl (C=O) groups is 2. The van der Waals surface area contributed by atoms with Gasteiger partial charge in [0.15, 0.2) is 0 Å². The minimum atomic E-state index is -1.17. The lowest BCUT2D eigenvalue weighted by Crippen LogP contribution is -2.44. The van der Waals surface area contributed by atoms with Crippen LogP contribution < -0.4 is 11.1 Å². The lowest BCUT2D eigenvalue weighted by molar-refractivity contribution is -0.139. The monoisotopic (exact) mass is 424 g/mol. The number of amides is 1. The van der Waals surface area contributed by atoms with Crippen molar-refractivity contribution in [3.05, 3.63) is 83.9 Å². The summed E-state index contributed by atoms with van der Waals surface area (Å²) < 4.78 is 5.24. The number of carbonyl (C=O) groups excluding carboxylic acids is 1. The van der Waals surface area contributed by atoms with E-state index in [1.54, 1.807) is 0 Å². The van der Waals surface area contributed by atoms with E-state index in [9.17, 15) is 14.7 Å². The van der Waals surface area contributed by atoms with Crippen molar-refractivity contribution >= 4 is 34.6 Å². The number of hydrogen-bond acceptors (Lipinski definition) is 5. The van der Waals surface area contributed by atoms with Crippen LogP contribution in [-0.4, -0.2) is 35.5 Å². The van der Waals surface area contributed by atoms with Crippen molar-refractivity contribution < 1.29 is 19.4 Å². The number of benzene rings is 3. The average Bonchev–Trinajstić information content (AvgIpc) is 2.77. The Bertz CT molecular complexity index is 991. The summed E-state index contributed by atoms with van der Waals surface area (Å²) in [6.07, 6.45) is -0.773. The Labute approximate surface area is 179 Å². The summed E-state index contributed by atoms with van der Waals surface area (Å²) in [5.74, 6) is -0.576. The summed E-state index contributed by atoms with van der Waals surface area (Å²) in [4.78, 5) is 24.5. The molecule has 0 heterocycles. The van der Waals surface area contributed by atoms with Gasteiger partial charge in [0.1, 0.15) is 12.6 Å². The largest absolute Gasteiger partial charge is 0.480 e. The zero-order valence-electron chi connectivity index (χ0n) is 16.4. The van der Waals surface area contributed by atoms with Crippen molar-refractivity contribution in [3.63, 3.8) is 0 Å². The van der Waals surface area contributed by atoms with E-state index in [-0.39, 0.29) is 6.61 Å². The van der Waals surface area contributed by atoms with E-state index in [0.29, 0.717) is 12.3 Å². The molecule has 6 nitrogen and oxygen atoms in total.